The fraction of sp³-hybridized carbons (Fsp3) is 0.867. The van der Waals surface area contributed by atoms with Crippen molar-refractivity contribution in [1.29, 1.82) is 0 Å². The van der Waals surface area contributed by atoms with Crippen LogP contribution < -0.4 is 5.32 Å². The predicted octanol–water partition coefficient (Wildman–Crippen LogP) is 2.85. The van der Waals surface area contributed by atoms with Crippen LogP contribution in [0.2, 0.25) is 0 Å². The summed E-state index contributed by atoms with van der Waals surface area (Å²) in [4.78, 5) is 24.7. The molecule has 1 heterocycles. The zero-order chi connectivity index (χ0) is 15.2. The van der Waals surface area contributed by atoms with Crippen LogP contribution >= 0.6 is 0 Å². The van der Waals surface area contributed by atoms with Crippen LogP contribution in [0.25, 0.3) is 0 Å². The Balaban J connectivity index is 2.45. The highest BCUT2D eigenvalue weighted by atomic mass is 16.4. The number of piperidine rings is 1. The molecule has 1 saturated heterocycles. The molecule has 0 aromatic rings. The van der Waals surface area contributed by atoms with Gasteiger partial charge in [0.25, 0.3) is 0 Å². The number of hydrogen-bond donors (Lipinski definition) is 2. The van der Waals surface area contributed by atoms with E-state index < -0.39 is 5.97 Å². The predicted molar refractivity (Wildman–Crippen MR) is 78.7 cm³/mol. The number of carbonyl (C=O) groups excluding carboxylic acids is 1. The van der Waals surface area contributed by atoms with Crippen molar-refractivity contribution in [3.63, 3.8) is 0 Å². The van der Waals surface area contributed by atoms with E-state index in [9.17, 15) is 9.59 Å². The summed E-state index contributed by atoms with van der Waals surface area (Å²) in [5, 5.41) is 11.8. The van der Waals surface area contributed by atoms with Crippen LogP contribution in [0.3, 0.4) is 0 Å². The number of amides is 2. The molecule has 0 spiro atoms. The number of rotatable bonds is 6. The zero-order valence-corrected chi connectivity index (χ0v) is 12.9. The molecule has 0 saturated carbocycles. The summed E-state index contributed by atoms with van der Waals surface area (Å²) in [6.45, 7) is 7.65. The average molecular weight is 284 g/mol. The van der Waals surface area contributed by atoms with Gasteiger partial charge in [-0.25, -0.2) is 4.79 Å². The van der Waals surface area contributed by atoms with Crippen molar-refractivity contribution in [2.24, 2.45) is 5.92 Å². The summed E-state index contributed by atoms with van der Waals surface area (Å²) in [5.41, 5.74) is -0.181. The molecule has 1 atom stereocenters. The molecule has 2 N–H and O–H groups in total. The van der Waals surface area contributed by atoms with Crippen molar-refractivity contribution >= 4 is 12.0 Å². The molecule has 1 fully saturated rings. The number of carbonyl (C=O) groups is 2. The number of nitrogens with one attached hydrogen (secondary N) is 1. The fourth-order valence-corrected chi connectivity index (χ4v) is 2.87. The molecule has 0 aromatic heterocycles. The smallest absolute Gasteiger partial charge is 0.317 e. The van der Waals surface area contributed by atoms with Crippen LogP contribution in [0.4, 0.5) is 4.79 Å². The third-order valence-electron chi connectivity index (χ3n) is 3.89. The average Bonchev–Trinajstić information content (AvgIpc) is 2.36. The van der Waals surface area contributed by atoms with Crippen LogP contribution in [0.1, 0.15) is 59.3 Å². The quantitative estimate of drug-likeness (QED) is 0.788. The largest absolute Gasteiger partial charge is 0.481 e. The Bertz CT molecular complexity index is 342. The Morgan fingerprint density at radius 3 is 2.70 bits per heavy atom. The maximum Gasteiger partial charge on any atom is 0.317 e. The highest BCUT2D eigenvalue weighted by Gasteiger charge is 2.27. The van der Waals surface area contributed by atoms with E-state index in [1.807, 2.05) is 18.7 Å². The number of carboxylic acid groups (broad SMARTS) is 1. The minimum atomic E-state index is -0.754. The maximum atomic E-state index is 12.3. The molecule has 5 nitrogen and oxygen atoms in total. The lowest BCUT2D eigenvalue weighted by Gasteiger charge is -2.36. The highest BCUT2D eigenvalue weighted by Crippen LogP contribution is 2.21. The Kier molecular flexibility index (Phi) is 6.30. The monoisotopic (exact) mass is 284 g/mol. The van der Waals surface area contributed by atoms with Gasteiger partial charge >= 0.3 is 12.0 Å². The first-order valence-corrected chi connectivity index (χ1v) is 7.63. The molecule has 0 aliphatic carbocycles. The summed E-state index contributed by atoms with van der Waals surface area (Å²) >= 11 is 0. The maximum absolute atomic E-state index is 12.3. The van der Waals surface area contributed by atoms with E-state index in [2.05, 4.69) is 12.2 Å². The lowest BCUT2D eigenvalue weighted by Crippen LogP contribution is -2.52. The molecule has 1 rings (SSSR count). The first-order valence-electron chi connectivity index (χ1n) is 7.63. The normalized spacial score (nSPS) is 19.8. The van der Waals surface area contributed by atoms with Crippen LogP contribution in [-0.4, -0.2) is 40.6 Å². The molecule has 0 radical (unpaired) electrons. The molecule has 5 heteroatoms. The van der Waals surface area contributed by atoms with Gasteiger partial charge in [-0.05, 0) is 45.4 Å². The van der Waals surface area contributed by atoms with Crippen molar-refractivity contribution in [3.05, 3.63) is 0 Å². The van der Waals surface area contributed by atoms with Crippen molar-refractivity contribution in [2.75, 3.05) is 13.1 Å². The second kappa shape index (κ2) is 7.50. The van der Waals surface area contributed by atoms with Gasteiger partial charge in [0.2, 0.25) is 0 Å². The first kappa shape index (κ1) is 16.8. The van der Waals surface area contributed by atoms with Crippen LogP contribution in [0, 0.1) is 5.92 Å². The van der Waals surface area contributed by atoms with Gasteiger partial charge in [0.15, 0.2) is 0 Å². The molecule has 2 amide bonds. The molecular formula is C15H28N2O3. The van der Waals surface area contributed by atoms with E-state index in [-0.39, 0.29) is 18.0 Å². The van der Waals surface area contributed by atoms with Gasteiger partial charge in [0, 0.05) is 25.0 Å². The van der Waals surface area contributed by atoms with Gasteiger partial charge in [0.05, 0.1) is 0 Å². The topological polar surface area (TPSA) is 69.6 Å². The molecule has 20 heavy (non-hydrogen) atoms. The van der Waals surface area contributed by atoms with Gasteiger partial charge in [-0.3, -0.25) is 4.79 Å². The van der Waals surface area contributed by atoms with Crippen LogP contribution in [0.5, 0.6) is 0 Å². The SMILES string of the molecule is CCCC(C)(C)NC(=O)N1CCCC(CCC(=O)O)C1. The number of hydrogen-bond acceptors (Lipinski definition) is 2. The van der Waals surface area contributed by atoms with Gasteiger partial charge in [-0.1, -0.05) is 13.3 Å². The Hall–Kier alpha value is -1.26. The minimum absolute atomic E-state index is 0.0107. The van der Waals surface area contributed by atoms with Crippen LogP contribution in [-0.2, 0) is 4.79 Å². The third-order valence-corrected chi connectivity index (χ3v) is 3.89. The van der Waals surface area contributed by atoms with Crippen molar-refractivity contribution in [1.82, 2.24) is 10.2 Å². The van der Waals surface area contributed by atoms with Gasteiger partial charge in [-0.2, -0.15) is 0 Å². The Morgan fingerprint density at radius 1 is 1.40 bits per heavy atom. The second-order valence-electron chi connectivity index (χ2n) is 6.45. The summed E-state index contributed by atoms with van der Waals surface area (Å²) in [6, 6.07) is -0.0107. The number of carboxylic acids is 1. The Morgan fingerprint density at radius 2 is 2.10 bits per heavy atom. The van der Waals surface area contributed by atoms with Gasteiger partial charge < -0.3 is 15.3 Å². The van der Waals surface area contributed by atoms with E-state index in [1.165, 1.54) is 0 Å². The lowest BCUT2D eigenvalue weighted by molar-refractivity contribution is -0.137. The number of nitrogens with zero attached hydrogens (tertiary/aromatic N) is 1. The number of urea groups is 1. The summed E-state index contributed by atoms with van der Waals surface area (Å²) < 4.78 is 0. The first-order chi connectivity index (χ1) is 9.34. The van der Waals surface area contributed by atoms with Crippen molar-refractivity contribution in [2.45, 2.75) is 64.8 Å². The van der Waals surface area contributed by atoms with Crippen molar-refractivity contribution < 1.29 is 14.7 Å². The van der Waals surface area contributed by atoms with Crippen molar-refractivity contribution in [3.8, 4) is 0 Å². The standard InChI is InChI=1S/C15H28N2O3/c1-4-9-15(2,3)16-14(20)17-10-5-6-12(11-17)7-8-13(18)19/h12H,4-11H2,1-3H3,(H,16,20)(H,18,19). The molecule has 116 valence electrons. The van der Waals surface area contributed by atoms with Gasteiger partial charge in [-0.15, -0.1) is 0 Å². The molecular weight excluding hydrogens is 256 g/mol. The zero-order valence-electron chi connectivity index (χ0n) is 12.9. The van der Waals surface area contributed by atoms with E-state index in [0.717, 1.165) is 32.2 Å². The van der Waals surface area contributed by atoms with E-state index in [1.54, 1.807) is 0 Å². The second-order valence-corrected chi connectivity index (χ2v) is 6.45. The fourth-order valence-electron chi connectivity index (χ4n) is 2.87. The molecule has 0 bridgehead atoms. The lowest BCUT2D eigenvalue weighted by atomic mass is 9.93. The summed E-state index contributed by atoms with van der Waals surface area (Å²) in [7, 11) is 0. The van der Waals surface area contributed by atoms with Crippen LogP contribution in [0.15, 0.2) is 0 Å². The summed E-state index contributed by atoms with van der Waals surface area (Å²) in [6.07, 6.45) is 4.84. The molecule has 1 aliphatic heterocycles. The number of likely N-dealkylation sites (tertiary alicyclic amines) is 1. The summed E-state index contributed by atoms with van der Waals surface area (Å²) in [5.74, 6) is -0.435. The van der Waals surface area contributed by atoms with E-state index >= 15 is 0 Å². The highest BCUT2D eigenvalue weighted by molar-refractivity contribution is 5.75. The molecule has 1 unspecified atom stereocenters. The van der Waals surface area contributed by atoms with Gasteiger partial charge in [0.1, 0.15) is 0 Å². The number of aliphatic carboxylic acids is 1. The van der Waals surface area contributed by atoms with E-state index in [0.29, 0.717) is 18.9 Å². The molecule has 1 aliphatic rings. The third kappa shape index (κ3) is 5.80. The minimum Gasteiger partial charge on any atom is -0.481 e. The molecule has 0 aromatic carbocycles. The van der Waals surface area contributed by atoms with E-state index in [4.69, 9.17) is 5.11 Å². The Labute approximate surface area is 121 Å².